The van der Waals surface area contributed by atoms with Gasteiger partial charge in [0.25, 0.3) is 0 Å². The lowest BCUT2D eigenvalue weighted by Crippen LogP contribution is -2.23. The fourth-order valence-corrected chi connectivity index (χ4v) is 4.19. The standard InChI is InChI=1S/C32H54O8/c1-3-5-7-9-12-16-21-25-31(36)39-27-32(37)40-28(22-18-8-6-4-2)23-19-15-13-10-11-14-17-20-24-30(35)38-26-29(33)34/h3,15,19,28H,1,4-14,16-18,20-27H2,2H3,(H,33,34)/b19-15-. The molecule has 1 atom stereocenters. The smallest absolute Gasteiger partial charge is 0.344 e. The molecule has 0 amide bonds. The van der Waals surface area contributed by atoms with Crippen LogP contribution in [-0.2, 0) is 33.4 Å². The summed E-state index contributed by atoms with van der Waals surface area (Å²) in [6.07, 6.45) is 24.1. The molecule has 0 aliphatic rings. The van der Waals surface area contributed by atoms with Crippen LogP contribution < -0.4 is 0 Å². The monoisotopic (exact) mass is 566 g/mol. The molecule has 0 saturated heterocycles. The highest BCUT2D eigenvalue weighted by Gasteiger charge is 2.15. The number of unbranched alkanes of at least 4 members (excludes halogenated alkanes) is 13. The Kier molecular flexibility index (Phi) is 26.1. The van der Waals surface area contributed by atoms with Crippen LogP contribution in [0.5, 0.6) is 0 Å². The van der Waals surface area contributed by atoms with E-state index in [1.807, 2.05) is 6.08 Å². The van der Waals surface area contributed by atoms with Crippen molar-refractivity contribution in [1.82, 2.24) is 0 Å². The second-order valence-corrected chi connectivity index (χ2v) is 10.3. The maximum atomic E-state index is 12.3. The third-order valence-electron chi connectivity index (χ3n) is 6.49. The Bertz CT molecular complexity index is 716. The molecule has 1 N–H and O–H groups in total. The maximum Gasteiger partial charge on any atom is 0.344 e. The normalized spacial score (nSPS) is 11.7. The van der Waals surface area contributed by atoms with Crippen molar-refractivity contribution >= 4 is 23.9 Å². The van der Waals surface area contributed by atoms with E-state index in [0.717, 1.165) is 103 Å². The maximum absolute atomic E-state index is 12.3. The van der Waals surface area contributed by atoms with Crippen LogP contribution in [0.4, 0.5) is 0 Å². The molecular formula is C32H54O8. The SMILES string of the molecule is C=CCCCCCCCC(=O)OCC(=O)OC(C/C=C\CCCCCCCC(=O)OCC(=O)O)CCCCCC. The summed E-state index contributed by atoms with van der Waals surface area (Å²) in [6, 6.07) is 0. The predicted octanol–water partition coefficient (Wildman–Crippen LogP) is 7.63. The molecule has 230 valence electrons. The Morgan fingerprint density at radius 1 is 0.675 bits per heavy atom. The Labute approximate surface area is 241 Å². The van der Waals surface area contributed by atoms with Gasteiger partial charge in [0.15, 0.2) is 13.2 Å². The van der Waals surface area contributed by atoms with Crippen molar-refractivity contribution in [2.24, 2.45) is 0 Å². The van der Waals surface area contributed by atoms with Crippen molar-refractivity contribution in [3.8, 4) is 0 Å². The number of allylic oxidation sites excluding steroid dienone is 2. The molecule has 0 spiro atoms. The average molecular weight is 567 g/mol. The van der Waals surface area contributed by atoms with E-state index in [9.17, 15) is 19.2 Å². The summed E-state index contributed by atoms with van der Waals surface area (Å²) in [4.78, 5) is 46.0. The van der Waals surface area contributed by atoms with E-state index < -0.39 is 24.5 Å². The van der Waals surface area contributed by atoms with Gasteiger partial charge in [-0.3, -0.25) is 9.59 Å². The molecule has 0 saturated carbocycles. The van der Waals surface area contributed by atoms with Gasteiger partial charge >= 0.3 is 23.9 Å². The highest BCUT2D eigenvalue weighted by atomic mass is 16.6. The van der Waals surface area contributed by atoms with E-state index in [0.29, 0.717) is 19.3 Å². The van der Waals surface area contributed by atoms with Gasteiger partial charge in [-0.25, -0.2) is 9.59 Å². The van der Waals surface area contributed by atoms with E-state index in [2.05, 4.69) is 30.4 Å². The van der Waals surface area contributed by atoms with Crippen molar-refractivity contribution < 1.29 is 38.5 Å². The number of carboxylic acid groups (broad SMARTS) is 1. The molecule has 40 heavy (non-hydrogen) atoms. The zero-order valence-corrected chi connectivity index (χ0v) is 24.9. The van der Waals surface area contributed by atoms with Gasteiger partial charge in [0, 0.05) is 19.3 Å². The van der Waals surface area contributed by atoms with Crippen LogP contribution in [-0.4, -0.2) is 48.3 Å². The number of hydrogen-bond acceptors (Lipinski definition) is 7. The van der Waals surface area contributed by atoms with Crippen molar-refractivity contribution in [2.45, 2.75) is 141 Å². The summed E-state index contributed by atoms with van der Waals surface area (Å²) in [5.74, 6) is -2.44. The first-order chi connectivity index (χ1) is 19.4. The lowest BCUT2D eigenvalue weighted by molar-refractivity contribution is -0.162. The van der Waals surface area contributed by atoms with Gasteiger partial charge in [-0.1, -0.05) is 82.9 Å². The van der Waals surface area contributed by atoms with Gasteiger partial charge in [-0.15, -0.1) is 6.58 Å². The van der Waals surface area contributed by atoms with Crippen LogP contribution in [0, 0.1) is 0 Å². The third-order valence-corrected chi connectivity index (χ3v) is 6.49. The zero-order chi connectivity index (χ0) is 29.7. The van der Waals surface area contributed by atoms with Crippen LogP contribution in [0.3, 0.4) is 0 Å². The Balaban J connectivity index is 4.11. The molecule has 0 heterocycles. The second-order valence-electron chi connectivity index (χ2n) is 10.3. The van der Waals surface area contributed by atoms with Crippen molar-refractivity contribution in [3.63, 3.8) is 0 Å². The fraction of sp³-hybridized carbons (Fsp3) is 0.750. The van der Waals surface area contributed by atoms with Crippen molar-refractivity contribution in [2.75, 3.05) is 13.2 Å². The van der Waals surface area contributed by atoms with Gasteiger partial charge in [0.1, 0.15) is 6.10 Å². The van der Waals surface area contributed by atoms with E-state index in [1.54, 1.807) is 0 Å². The molecule has 0 fully saturated rings. The van der Waals surface area contributed by atoms with Crippen LogP contribution in [0.1, 0.15) is 135 Å². The van der Waals surface area contributed by atoms with Crippen molar-refractivity contribution in [3.05, 3.63) is 24.8 Å². The highest BCUT2D eigenvalue weighted by molar-refractivity contribution is 5.76. The van der Waals surface area contributed by atoms with Crippen LogP contribution >= 0.6 is 0 Å². The van der Waals surface area contributed by atoms with E-state index >= 15 is 0 Å². The number of carboxylic acids is 1. The minimum absolute atomic E-state index is 0.212. The lowest BCUT2D eigenvalue weighted by atomic mass is 10.1. The first kappa shape index (κ1) is 37.4. The molecule has 1 unspecified atom stereocenters. The number of ether oxygens (including phenoxy) is 3. The summed E-state index contributed by atoms with van der Waals surface area (Å²) >= 11 is 0. The number of rotatable bonds is 28. The second kappa shape index (κ2) is 27.9. The highest BCUT2D eigenvalue weighted by Crippen LogP contribution is 2.14. The molecule has 0 aliphatic carbocycles. The molecule has 8 heteroatoms. The molecule has 0 aromatic heterocycles. The molecule has 0 rings (SSSR count). The number of carbonyl (C=O) groups excluding carboxylic acids is 3. The van der Waals surface area contributed by atoms with E-state index in [-0.39, 0.29) is 25.1 Å². The number of aliphatic carboxylic acids is 1. The summed E-state index contributed by atoms with van der Waals surface area (Å²) in [5.41, 5.74) is 0. The fourth-order valence-electron chi connectivity index (χ4n) is 4.19. The average Bonchev–Trinajstić information content (AvgIpc) is 2.93. The molecule has 0 radical (unpaired) electrons. The summed E-state index contributed by atoms with van der Waals surface area (Å²) in [6.45, 7) is 4.97. The first-order valence-corrected chi connectivity index (χ1v) is 15.4. The summed E-state index contributed by atoms with van der Waals surface area (Å²) in [5, 5.41) is 8.49. The Morgan fingerprint density at radius 3 is 1.82 bits per heavy atom. The third kappa shape index (κ3) is 26.9. The zero-order valence-electron chi connectivity index (χ0n) is 24.9. The van der Waals surface area contributed by atoms with Gasteiger partial charge in [-0.2, -0.15) is 0 Å². The molecule has 0 aliphatic heterocycles. The molecule has 8 nitrogen and oxygen atoms in total. The van der Waals surface area contributed by atoms with Gasteiger partial charge in [0.05, 0.1) is 0 Å². The topological polar surface area (TPSA) is 116 Å². The number of esters is 3. The first-order valence-electron chi connectivity index (χ1n) is 15.4. The van der Waals surface area contributed by atoms with Gasteiger partial charge in [-0.05, 0) is 51.4 Å². The molecular weight excluding hydrogens is 512 g/mol. The largest absolute Gasteiger partial charge is 0.479 e. The summed E-state index contributed by atoms with van der Waals surface area (Å²) in [7, 11) is 0. The molecule has 0 bridgehead atoms. The number of hydrogen-bond donors (Lipinski definition) is 1. The predicted molar refractivity (Wildman–Crippen MR) is 157 cm³/mol. The lowest BCUT2D eigenvalue weighted by Gasteiger charge is -2.16. The number of carbonyl (C=O) groups is 4. The van der Waals surface area contributed by atoms with Crippen LogP contribution in [0.15, 0.2) is 24.8 Å². The quantitative estimate of drug-likeness (QED) is 0.0444. The Morgan fingerprint density at radius 2 is 1.23 bits per heavy atom. The van der Waals surface area contributed by atoms with Gasteiger partial charge < -0.3 is 19.3 Å². The van der Waals surface area contributed by atoms with Crippen molar-refractivity contribution in [1.29, 1.82) is 0 Å². The molecule has 0 aromatic rings. The summed E-state index contributed by atoms with van der Waals surface area (Å²) < 4.78 is 15.4. The minimum Gasteiger partial charge on any atom is -0.479 e. The Hall–Kier alpha value is -2.64. The van der Waals surface area contributed by atoms with Crippen LogP contribution in [0.2, 0.25) is 0 Å². The van der Waals surface area contributed by atoms with Crippen LogP contribution in [0.25, 0.3) is 0 Å². The van der Waals surface area contributed by atoms with E-state index in [1.165, 1.54) is 0 Å². The van der Waals surface area contributed by atoms with E-state index in [4.69, 9.17) is 14.6 Å². The van der Waals surface area contributed by atoms with Gasteiger partial charge in [0.2, 0.25) is 0 Å². The minimum atomic E-state index is -1.14. The molecule has 0 aromatic carbocycles.